The Bertz CT molecular complexity index is 281. The van der Waals surface area contributed by atoms with Crippen molar-refractivity contribution in [3.8, 4) is 0 Å². The molecule has 0 aromatic carbocycles. The lowest BCUT2D eigenvalue weighted by Gasteiger charge is -2.52. The van der Waals surface area contributed by atoms with Crippen molar-refractivity contribution in [2.75, 3.05) is 19.8 Å². The van der Waals surface area contributed by atoms with Crippen molar-refractivity contribution in [1.82, 2.24) is 4.23 Å². The summed E-state index contributed by atoms with van der Waals surface area (Å²) in [6.45, 7) is 21.9. The van der Waals surface area contributed by atoms with Crippen LogP contribution in [0.5, 0.6) is 0 Å². The second-order valence-corrected chi connectivity index (χ2v) is 20.0. The van der Waals surface area contributed by atoms with Crippen molar-refractivity contribution in [2.45, 2.75) is 104 Å². The van der Waals surface area contributed by atoms with Crippen molar-refractivity contribution >= 4 is 25.8 Å². The number of hydrogen-bond acceptors (Lipinski definition) is 3. The van der Waals surface area contributed by atoms with Crippen molar-refractivity contribution in [2.24, 2.45) is 0 Å². The maximum Gasteiger partial charge on any atom is 0.321 e. The van der Waals surface area contributed by atoms with Gasteiger partial charge in [0.1, 0.15) is 16.5 Å². The SMILES string of the molecule is CCO[SiH](CCCN([Si](CC)(CC)CC)[Si](CC)(CC)CC)OCC. The fourth-order valence-electron chi connectivity index (χ4n) is 4.63. The van der Waals surface area contributed by atoms with Gasteiger partial charge in [0.05, 0.1) is 0 Å². The summed E-state index contributed by atoms with van der Waals surface area (Å²) >= 11 is 0. The standard InChI is InChI=1S/C19H47NO2Si3/c1-9-21-23(22-10-2)19-17-18-20(24(11-3,12-4)13-5)25(14-6,15-7)16-8/h23H,9-19H2,1-8H3. The van der Waals surface area contributed by atoms with Crippen LogP contribution in [0.3, 0.4) is 0 Å². The first-order valence-electron chi connectivity index (χ1n) is 11.0. The van der Waals surface area contributed by atoms with E-state index in [0.717, 1.165) is 13.2 Å². The Morgan fingerprint density at radius 3 is 1.28 bits per heavy atom. The van der Waals surface area contributed by atoms with Gasteiger partial charge in [0, 0.05) is 13.2 Å². The van der Waals surface area contributed by atoms with Crippen LogP contribution < -0.4 is 0 Å². The van der Waals surface area contributed by atoms with Gasteiger partial charge in [-0.1, -0.05) is 41.5 Å². The molecule has 152 valence electrons. The van der Waals surface area contributed by atoms with E-state index in [9.17, 15) is 0 Å². The fraction of sp³-hybridized carbons (Fsp3) is 1.00. The Kier molecular flexibility index (Phi) is 14.0. The van der Waals surface area contributed by atoms with E-state index in [1.54, 1.807) is 0 Å². The fourth-order valence-corrected chi connectivity index (χ4v) is 19.7. The van der Waals surface area contributed by atoms with Gasteiger partial charge >= 0.3 is 9.28 Å². The first-order valence-corrected chi connectivity index (χ1v) is 17.9. The molecule has 0 unspecified atom stereocenters. The van der Waals surface area contributed by atoms with Crippen LogP contribution in [-0.2, 0) is 8.85 Å². The van der Waals surface area contributed by atoms with Crippen LogP contribution in [0.1, 0.15) is 61.8 Å². The molecule has 0 spiro atoms. The predicted octanol–water partition coefficient (Wildman–Crippen LogP) is 5.98. The van der Waals surface area contributed by atoms with E-state index in [1.807, 2.05) is 0 Å². The van der Waals surface area contributed by atoms with Gasteiger partial charge < -0.3 is 13.1 Å². The number of hydrogen-bond donors (Lipinski definition) is 0. The molecule has 0 aliphatic heterocycles. The molecule has 6 heteroatoms. The first kappa shape index (κ1) is 25.5. The zero-order valence-corrected chi connectivity index (χ0v) is 21.8. The summed E-state index contributed by atoms with van der Waals surface area (Å²) in [4.78, 5) is 0. The van der Waals surface area contributed by atoms with Crippen LogP contribution in [-0.4, -0.2) is 49.7 Å². The third-order valence-corrected chi connectivity index (χ3v) is 22.4. The molecular weight excluding hydrogens is 358 g/mol. The Labute approximate surface area is 162 Å². The summed E-state index contributed by atoms with van der Waals surface area (Å²) in [6, 6.07) is 9.62. The third kappa shape index (κ3) is 6.88. The minimum Gasteiger partial charge on any atom is -0.397 e. The molecule has 0 bridgehead atoms. The molecule has 0 aromatic heterocycles. The van der Waals surface area contributed by atoms with Gasteiger partial charge in [0.25, 0.3) is 0 Å². The molecule has 0 saturated heterocycles. The average molecular weight is 406 g/mol. The third-order valence-electron chi connectivity index (χ3n) is 6.62. The van der Waals surface area contributed by atoms with Crippen LogP contribution >= 0.6 is 0 Å². The van der Waals surface area contributed by atoms with Gasteiger partial charge in [-0.15, -0.1) is 0 Å². The smallest absolute Gasteiger partial charge is 0.321 e. The molecule has 0 aliphatic carbocycles. The van der Waals surface area contributed by atoms with E-state index in [0.29, 0.717) is 0 Å². The van der Waals surface area contributed by atoms with E-state index < -0.39 is 25.8 Å². The average Bonchev–Trinajstić information content (AvgIpc) is 2.65. The monoisotopic (exact) mass is 405 g/mol. The van der Waals surface area contributed by atoms with Crippen LogP contribution in [0.15, 0.2) is 0 Å². The van der Waals surface area contributed by atoms with Crippen molar-refractivity contribution in [1.29, 1.82) is 0 Å². The maximum absolute atomic E-state index is 5.91. The molecule has 0 aliphatic rings. The number of nitrogens with zero attached hydrogens (tertiary/aromatic N) is 1. The van der Waals surface area contributed by atoms with Gasteiger partial charge in [-0.2, -0.15) is 0 Å². The lowest BCUT2D eigenvalue weighted by atomic mass is 10.5. The van der Waals surface area contributed by atoms with Crippen molar-refractivity contribution < 1.29 is 8.85 Å². The van der Waals surface area contributed by atoms with Crippen molar-refractivity contribution in [3.63, 3.8) is 0 Å². The number of rotatable bonds is 16. The lowest BCUT2D eigenvalue weighted by Crippen LogP contribution is -2.66. The minimum atomic E-state index is -1.45. The van der Waals surface area contributed by atoms with Gasteiger partial charge in [-0.25, -0.2) is 0 Å². The zero-order chi connectivity index (χ0) is 19.3. The first-order chi connectivity index (χ1) is 12.0. The highest BCUT2D eigenvalue weighted by Gasteiger charge is 2.45. The highest BCUT2D eigenvalue weighted by Crippen LogP contribution is 2.36. The quantitative estimate of drug-likeness (QED) is 0.295. The van der Waals surface area contributed by atoms with E-state index >= 15 is 0 Å². The summed E-state index contributed by atoms with van der Waals surface area (Å²) < 4.78 is 15.0. The molecule has 0 saturated carbocycles. The molecule has 0 heterocycles. The summed E-state index contributed by atoms with van der Waals surface area (Å²) in [5, 5.41) is 0. The van der Waals surface area contributed by atoms with E-state index in [1.165, 1.54) is 55.3 Å². The summed E-state index contributed by atoms with van der Waals surface area (Å²) in [7, 11) is -4.10. The summed E-state index contributed by atoms with van der Waals surface area (Å²) in [6.07, 6.45) is 1.26. The van der Waals surface area contributed by atoms with Crippen LogP contribution in [0.2, 0.25) is 42.3 Å². The molecule has 0 rings (SSSR count). The molecule has 0 N–H and O–H groups in total. The van der Waals surface area contributed by atoms with Gasteiger partial charge in [-0.3, -0.25) is 0 Å². The van der Waals surface area contributed by atoms with E-state index in [2.05, 4.69) is 59.6 Å². The lowest BCUT2D eigenvalue weighted by molar-refractivity contribution is 0.212. The minimum absolute atomic E-state index is 0.801. The molecule has 25 heavy (non-hydrogen) atoms. The van der Waals surface area contributed by atoms with E-state index in [-0.39, 0.29) is 0 Å². The van der Waals surface area contributed by atoms with Gasteiger partial charge in [-0.05, 0) is 69.1 Å². The summed E-state index contributed by atoms with van der Waals surface area (Å²) in [5.74, 6) is 0. The predicted molar refractivity (Wildman–Crippen MR) is 121 cm³/mol. The second kappa shape index (κ2) is 13.7. The Hall–Kier alpha value is 0.531. The second-order valence-electron chi connectivity index (χ2n) is 7.20. The van der Waals surface area contributed by atoms with Gasteiger partial charge in [0.2, 0.25) is 0 Å². The maximum atomic E-state index is 5.91. The van der Waals surface area contributed by atoms with E-state index in [4.69, 9.17) is 8.85 Å². The molecular formula is C19H47NO2Si3. The molecule has 0 fully saturated rings. The Morgan fingerprint density at radius 2 is 1.00 bits per heavy atom. The van der Waals surface area contributed by atoms with Crippen LogP contribution in [0, 0.1) is 0 Å². The van der Waals surface area contributed by atoms with Crippen LogP contribution in [0.25, 0.3) is 0 Å². The summed E-state index contributed by atoms with van der Waals surface area (Å²) in [5.41, 5.74) is 0. The normalized spacial score (nSPS) is 13.2. The molecule has 3 nitrogen and oxygen atoms in total. The van der Waals surface area contributed by atoms with Crippen molar-refractivity contribution in [3.05, 3.63) is 0 Å². The molecule has 0 atom stereocenters. The van der Waals surface area contributed by atoms with Crippen LogP contribution in [0.4, 0.5) is 0 Å². The topological polar surface area (TPSA) is 21.7 Å². The highest BCUT2D eigenvalue weighted by molar-refractivity contribution is 6.92. The molecule has 0 aromatic rings. The molecule has 0 amide bonds. The highest BCUT2D eigenvalue weighted by atomic mass is 28.4. The largest absolute Gasteiger partial charge is 0.397 e. The molecule has 0 radical (unpaired) electrons. The Balaban J connectivity index is 5.33. The Morgan fingerprint density at radius 1 is 0.640 bits per heavy atom. The van der Waals surface area contributed by atoms with Gasteiger partial charge in [0.15, 0.2) is 0 Å². The zero-order valence-electron chi connectivity index (χ0n) is 18.6.